The molecule has 0 saturated heterocycles. The summed E-state index contributed by atoms with van der Waals surface area (Å²) in [6.45, 7) is 0. The molecule has 0 heterocycles. The highest BCUT2D eigenvalue weighted by Crippen LogP contribution is 2.27. The summed E-state index contributed by atoms with van der Waals surface area (Å²) in [6.07, 6.45) is 1.39. The molecular weight excluding hydrogens is 183 g/mol. The van der Waals surface area contributed by atoms with Crippen molar-refractivity contribution in [3.8, 4) is 0 Å². The van der Waals surface area contributed by atoms with Crippen LogP contribution in [-0.2, 0) is 18.9 Å². The first-order valence-corrected chi connectivity index (χ1v) is 4.70. The van der Waals surface area contributed by atoms with Crippen LogP contribution in [0.15, 0.2) is 0 Å². The van der Waals surface area contributed by atoms with Gasteiger partial charge < -0.3 is 18.9 Å². The average molecular weight is 200 g/mol. The lowest BCUT2D eigenvalue weighted by Gasteiger charge is -2.38. The van der Waals surface area contributed by atoms with Gasteiger partial charge in [0.25, 0.3) is 8.05 Å². The van der Waals surface area contributed by atoms with E-state index in [1.165, 1.54) is 0 Å². The first kappa shape index (κ1) is 12.0. The van der Waals surface area contributed by atoms with E-state index >= 15 is 0 Å². The second-order valence-corrected chi connectivity index (χ2v) is 3.47. The van der Waals surface area contributed by atoms with Crippen molar-refractivity contribution >= 4 is 8.05 Å². The first-order chi connectivity index (χ1) is 6.76. The summed E-state index contributed by atoms with van der Waals surface area (Å²) in [5, 5.41) is 0. The van der Waals surface area contributed by atoms with Crippen LogP contribution in [0.3, 0.4) is 0 Å². The zero-order valence-electron chi connectivity index (χ0n) is 8.93. The number of ether oxygens (including phenoxy) is 3. The Hall–Kier alpha value is -0.0951. The van der Waals surface area contributed by atoms with Crippen LogP contribution < -0.4 is 0 Å². The third-order valence-corrected chi connectivity index (χ3v) is 2.84. The Morgan fingerprint density at radius 3 is 1.50 bits per heavy atom. The summed E-state index contributed by atoms with van der Waals surface area (Å²) in [4.78, 5) is 0. The highest BCUT2D eigenvalue weighted by atomic mass is 16.5. The molecule has 0 spiro atoms. The van der Waals surface area contributed by atoms with Crippen molar-refractivity contribution in [1.82, 2.24) is 0 Å². The fourth-order valence-electron chi connectivity index (χ4n) is 1.95. The molecule has 4 atom stereocenters. The van der Waals surface area contributed by atoms with Crippen LogP contribution in [0.25, 0.3) is 0 Å². The summed E-state index contributed by atoms with van der Waals surface area (Å²) in [7, 11) is 10.2. The van der Waals surface area contributed by atoms with Crippen LogP contribution in [0.4, 0.5) is 0 Å². The van der Waals surface area contributed by atoms with Crippen LogP contribution in [0.1, 0.15) is 12.8 Å². The van der Waals surface area contributed by atoms with Gasteiger partial charge in [0.05, 0.1) is 24.4 Å². The lowest BCUT2D eigenvalue weighted by atomic mass is 9.89. The maximum Gasteiger partial charge on any atom is 0.283 e. The van der Waals surface area contributed by atoms with Crippen molar-refractivity contribution in [2.24, 2.45) is 0 Å². The van der Waals surface area contributed by atoms with Gasteiger partial charge >= 0.3 is 0 Å². The Bertz CT molecular complexity index is 133. The normalized spacial score (nSPS) is 38.5. The minimum Gasteiger partial charge on any atom is -0.442 e. The van der Waals surface area contributed by atoms with E-state index in [0.29, 0.717) is 6.42 Å². The van der Waals surface area contributed by atoms with Gasteiger partial charge in [-0.15, -0.1) is 0 Å². The summed E-state index contributed by atoms with van der Waals surface area (Å²) >= 11 is 0. The molecule has 5 heteroatoms. The number of hydrogen-bond acceptors (Lipinski definition) is 4. The second kappa shape index (κ2) is 5.71. The van der Waals surface area contributed by atoms with E-state index in [1.54, 1.807) is 21.3 Å². The van der Waals surface area contributed by atoms with E-state index in [-0.39, 0.29) is 24.4 Å². The molecule has 14 heavy (non-hydrogen) atoms. The van der Waals surface area contributed by atoms with Crippen LogP contribution >= 0.6 is 0 Å². The summed E-state index contributed by atoms with van der Waals surface area (Å²) in [5.41, 5.74) is 0. The first-order valence-electron chi connectivity index (χ1n) is 4.70. The van der Waals surface area contributed by atoms with Crippen LogP contribution in [0, 0.1) is 0 Å². The van der Waals surface area contributed by atoms with Gasteiger partial charge in [0.2, 0.25) is 0 Å². The molecule has 0 aliphatic heterocycles. The Morgan fingerprint density at radius 2 is 1.14 bits per heavy atom. The maximum atomic E-state index is 5.32. The lowest BCUT2D eigenvalue weighted by molar-refractivity contribution is -0.131. The Morgan fingerprint density at radius 1 is 0.786 bits per heavy atom. The molecule has 0 aromatic rings. The zero-order valence-corrected chi connectivity index (χ0v) is 8.93. The molecule has 4 nitrogen and oxygen atoms in total. The van der Waals surface area contributed by atoms with E-state index in [0.717, 1.165) is 6.42 Å². The van der Waals surface area contributed by atoms with Gasteiger partial charge in [-0.05, 0) is 0 Å². The molecule has 0 amide bonds. The van der Waals surface area contributed by atoms with Crippen molar-refractivity contribution in [1.29, 1.82) is 0 Å². The van der Waals surface area contributed by atoms with Gasteiger partial charge in [-0.25, -0.2) is 0 Å². The summed E-state index contributed by atoms with van der Waals surface area (Å²) < 4.78 is 20.8. The van der Waals surface area contributed by atoms with Gasteiger partial charge in [-0.1, -0.05) is 0 Å². The fraction of sp³-hybridized carbons (Fsp3) is 1.00. The van der Waals surface area contributed by atoms with E-state index in [4.69, 9.17) is 26.9 Å². The SMILES string of the molecule is [B]OC1CC(OC)C(OC)C[C@H]1OC. The molecule has 3 unspecified atom stereocenters. The van der Waals surface area contributed by atoms with Gasteiger partial charge in [-0.2, -0.15) is 0 Å². The second-order valence-electron chi connectivity index (χ2n) is 3.47. The molecule has 0 bridgehead atoms. The molecule has 0 aromatic heterocycles. The van der Waals surface area contributed by atoms with Crippen molar-refractivity contribution < 1.29 is 18.9 Å². The van der Waals surface area contributed by atoms with Crippen molar-refractivity contribution in [2.75, 3.05) is 21.3 Å². The number of methoxy groups -OCH3 is 3. The van der Waals surface area contributed by atoms with E-state index < -0.39 is 0 Å². The van der Waals surface area contributed by atoms with Crippen LogP contribution in [0.5, 0.6) is 0 Å². The monoisotopic (exact) mass is 200 g/mol. The number of hydrogen-bond donors (Lipinski definition) is 0. The van der Waals surface area contributed by atoms with Gasteiger partial charge in [0, 0.05) is 34.2 Å². The molecule has 1 saturated carbocycles. The quantitative estimate of drug-likeness (QED) is 0.611. The maximum absolute atomic E-state index is 5.32. The third-order valence-electron chi connectivity index (χ3n) is 2.84. The number of rotatable bonds is 4. The van der Waals surface area contributed by atoms with Crippen LogP contribution in [0.2, 0.25) is 0 Å². The van der Waals surface area contributed by atoms with Crippen molar-refractivity contribution in [2.45, 2.75) is 37.3 Å². The molecule has 1 aliphatic rings. The molecule has 1 rings (SSSR count). The van der Waals surface area contributed by atoms with Gasteiger partial charge in [0.1, 0.15) is 0 Å². The molecule has 0 aromatic carbocycles. The molecule has 0 N–H and O–H groups in total. The standard InChI is InChI=1S/C9H17BO4/c1-11-6-4-8(13-3)9(14-10)5-7(6)12-2/h6-9H,4-5H2,1-3H3/t6?,7?,8-,9?/m1/s1. The van der Waals surface area contributed by atoms with Crippen molar-refractivity contribution in [3.05, 3.63) is 0 Å². The molecule has 80 valence electrons. The predicted molar refractivity (Wildman–Crippen MR) is 52.3 cm³/mol. The average Bonchev–Trinajstić information content (AvgIpc) is 2.26. The zero-order chi connectivity index (χ0) is 10.6. The largest absolute Gasteiger partial charge is 0.442 e. The van der Waals surface area contributed by atoms with Gasteiger partial charge in [0.15, 0.2) is 0 Å². The van der Waals surface area contributed by atoms with E-state index in [9.17, 15) is 0 Å². The summed E-state index contributed by atoms with van der Waals surface area (Å²) in [6, 6.07) is 0. The fourth-order valence-corrected chi connectivity index (χ4v) is 1.95. The van der Waals surface area contributed by atoms with E-state index in [1.807, 2.05) is 0 Å². The molecular formula is C9H17BO4. The van der Waals surface area contributed by atoms with Gasteiger partial charge in [-0.3, -0.25) is 0 Å². The minimum absolute atomic E-state index is 0.0173. The topological polar surface area (TPSA) is 36.9 Å². The highest BCUT2D eigenvalue weighted by Gasteiger charge is 2.37. The predicted octanol–water partition coefficient (Wildman–Crippen LogP) is 0.294. The van der Waals surface area contributed by atoms with Crippen molar-refractivity contribution in [3.63, 3.8) is 0 Å². The smallest absolute Gasteiger partial charge is 0.283 e. The Balaban J connectivity index is 2.59. The Kier molecular flexibility index (Phi) is 4.88. The van der Waals surface area contributed by atoms with Crippen LogP contribution in [-0.4, -0.2) is 53.8 Å². The Labute approximate surface area is 86.3 Å². The lowest BCUT2D eigenvalue weighted by Crippen LogP contribution is -2.48. The highest BCUT2D eigenvalue weighted by molar-refractivity contribution is 5.98. The third kappa shape index (κ3) is 2.48. The molecule has 2 radical (unpaired) electrons. The molecule has 1 fully saturated rings. The summed E-state index contributed by atoms with van der Waals surface area (Å²) in [5.74, 6) is 0. The molecule has 1 aliphatic carbocycles. The van der Waals surface area contributed by atoms with E-state index in [2.05, 4.69) is 0 Å². The minimum atomic E-state index is -0.114.